The summed E-state index contributed by atoms with van der Waals surface area (Å²) in [6.07, 6.45) is 0. The van der Waals surface area contributed by atoms with Crippen LogP contribution in [0.5, 0.6) is 0 Å². The van der Waals surface area contributed by atoms with Gasteiger partial charge in [-0.2, -0.15) is 0 Å². The average molecular weight is 592 g/mol. The molecule has 46 heavy (non-hydrogen) atoms. The van der Waals surface area contributed by atoms with Gasteiger partial charge in [0.2, 0.25) is 0 Å². The van der Waals surface area contributed by atoms with Gasteiger partial charge in [0.25, 0.3) is 0 Å². The average Bonchev–Trinajstić information content (AvgIpc) is 3.41. The molecule has 3 heterocycles. The van der Waals surface area contributed by atoms with Crippen molar-refractivity contribution in [1.29, 1.82) is 0 Å². The van der Waals surface area contributed by atoms with Crippen LogP contribution < -0.4 is 0 Å². The summed E-state index contributed by atoms with van der Waals surface area (Å²) in [6.45, 7) is 1.12. The zero-order valence-corrected chi connectivity index (χ0v) is 25.1. The van der Waals surface area contributed by atoms with Gasteiger partial charge in [-0.15, -0.1) is 0 Å². The fourth-order valence-corrected chi connectivity index (χ4v) is 6.73. The maximum absolute atomic E-state index is 6.39. The highest BCUT2D eigenvalue weighted by molar-refractivity contribution is 6.09. The van der Waals surface area contributed by atoms with E-state index in [4.69, 9.17) is 14.1 Å². The molecular formula is C43H29NO2. The fourth-order valence-electron chi connectivity index (χ4n) is 6.73. The molecular weight excluding hydrogens is 562 g/mol. The Bertz CT molecular complexity index is 2330. The lowest BCUT2D eigenvalue weighted by molar-refractivity contribution is 0.110. The molecule has 0 amide bonds. The van der Waals surface area contributed by atoms with Gasteiger partial charge in [-0.05, 0) is 69.3 Å². The first kappa shape index (κ1) is 26.6. The fraction of sp³-hybridized carbons (Fsp3) is 0.0465. The molecule has 0 unspecified atom stereocenters. The Balaban J connectivity index is 1.16. The number of nitrogens with zero attached hydrogens (tertiary/aromatic N) is 1. The monoisotopic (exact) mass is 591 g/mol. The molecule has 8 aromatic rings. The van der Waals surface area contributed by atoms with Crippen molar-refractivity contribution >= 4 is 21.9 Å². The number of hydrogen-bond donors (Lipinski definition) is 0. The summed E-state index contributed by atoms with van der Waals surface area (Å²) >= 11 is 0. The van der Waals surface area contributed by atoms with Crippen molar-refractivity contribution in [3.8, 4) is 55.9 Å². The van der Waals surface area contributed by atoms with Gasteiger partial charge in [0.15, 0.2) is 0 Å². The summed E-state index contributed by atoms with van der Waals surface area (Å²) in [5, 5.41) is 2.28. The van der Waals surface area contributed by atoms with Gasteiger partial charge in [-0.25, -0.2) is 4.98 Å². The third-order valence-corrected chi connectivity index (χ3v) is 9.03. The lowest BCUT2D eigenvalue weighted by atomic mass is 9.90. The molecule has 3 nitrogen and oxygen atoms in total. The molecule has 0 radical (unpaired) electrons. The third kappa shape index (κ3) is 4.61. The number of furan rings is 1. The summed E-state index contributed by atoms with van der Waals surface area (Å²) in [4.78, 5) is 5.07. The van der Waals surface area contributed by atoms with Crippen LogP contribution in [-0.2, 0) is 18.0 Å². The molecule has 0 spiro atoms. The number of hydrogen-bond acceptors (Lipinski definition) is 3. The van der Waals surface area contributed by atoms with Crippen molar-refractivity contribution in [2.75, 3.05) is 0 Å². The van der Waals surface area contributed by atoms with Gasteiger partial charge in [0, 0.05) is 27.5 Å². The Morgan fingerprint density at radius 3 is 1.87 bits per heavy atom. The molecule has 0 atom stereocenters. The molecule has 6 aromatic carbocycles. The zero-order chi connectivity index (χ0) is 30.5. The molecule has 218 valence electrons. The van der Waals surface area contributed by atoms with Crippen molar-refractivity contribution < 1.29 is 9.15 Å². The minimum Gasteiger partial charge on any atom is -0.455 e. The molecule has 0 aliphatic carbocycles. The van der Waals surface area contributed by atoms with Gasteiger partial charge in [0.05, 0.1) is 24.6 Å². The molecule has 9 rings (SSSR count). The van der Waals surface area contributed by atoms with Crippen LogP contribution in [-0.4, -0.2) is 4.98 Å². The van der Waals surface area contributed by atoms with Gasteiger partial charge in [0.1, 0.15) is 11.2 Å². The van der Waals surface area contributed by atoms with E-state index in [9.17, 15) is 0 Å². The lowest BCUT2D eigenvalue weighted by Gasteiger charge is -2.14. The first-order valence-corrected chi connectivity index (χ1v) is 15.7. The van der Waals surface area contributed by atoms with E-state index in [1.54, 1.807) is 0 Å². The molecule has 0 N–H and O–H groups in total. The van der Waals surface area contributed by atoms with E-state index in [1.807, 2.05) is 24.3 Å². The van der Waals surface area contributed by atoms with Gasteiger partial charge in [-0.3, -0.25) is 0 Å². The smallest absolute Gasteiger partial charge is 0.143 e. The first-order chi connectivity index (χ1) is 22.8. The minimum atomic E-state index is 0.550. The van der Waals surface area contributed by atoms with Gasteiger partial charge < -0.3 is 9.15 Å². The Morgan fingerprint density at radius 2 is 1.09 bits per heavy atom. The van der Waals surface area contributed by atoms with E-state index in [-0.39, 0.29) is 0 Å². The SMILES string of the molecule is c1ccc(-c2cc(-c3ccc4c(c3)COCc3ccc(-c5cccc6c5oc5ccccc56)cc3-4)cc(-c3ccccc3)n2)cc1. The second-order valence-electron chi connectivity index (χ2n) is 11.9. The second kappa shape index (κ2) is 11.0. The molecule has 1 aliphatic heterocycles. The Labute approximate surface area is 267 Å². The largest absolute Gasteiger partial charge is 0.455 e. The molecule has 0 saturated carbocycles. The van der Waals surface area contributed by atoms with Crippen LogP contribution in [0, 0.1) is 0 Å². The topological polar surface area (TPSA) is 35.3 Å². The number of aromatic nitrogens is 1. The summed E-state index contributed by atoms with van der Waals surface area (Å²) < 4.78 is 12.6. The van der Waals surface area contributed by atoms with E-state index >= 15 is 0 Å². The first-order valence-electron chi connectivity index (χ1n) is 15.7. The Morgan fingerprint density at radius 1 is 0.413 bits per heavy atom. The van der Waals surface area contributed by atoms with Gasteiger partial charge in [-0.1, -0.05) is 121 Å². The number of rotatable bonds is 4. The minimum absolute atomic E-state index is 0.550. The van der Waals surface area contributed by atoms with Crippen molar-refractivity contribution in [2.45, 2.75) is 13.2 Å². The standard InChI is InChI=1S/C43H29NO2/c1-3-10-28(11-4-1)40-24-33(25-41(44-40)29-12-5-2-6-13-29)30-20-21-35-34(22-30)27-45-26-32-19-18-31(23-39(32)35)36-15-9-16-38-37-14-7-8-17-42(37)46-43(36)38/h1-25H,26-27H2. The van der Waals surface area contributed by atoms with E-state index in [2.05, 4.69) is 127 Å². The molecule has 1 aliphatic rings. The lowest BCUT2D eigenvalue weighted by Crippen LogP contribution is -1.94. The van der Waals surface area contributed by atoms with Crippen molar-refractivity contribution in [3.05, 3.63) is 163 Å². The van der Waals surface area contributed by atoms with Crippen molar-refractivity contribution in [1.82, 2.24) is 4.98 Å². The van der Waals surface area contributed by atoms with E-state index in [0.717, 1.165) is 66.7 Å². The van der Waals surface area contributed by atoms with Crippen LogP contribution in [0.15, 0.2) is 156 Å². The predicted molar refractivity (Wildman–Crippen MR) is 187 cm³/mol. The number of ether oxygens (including phenoxy) is 1. The van der Waals surface area contributed by atoms with Crippen LogP contribution in [0.25, 0.3) is 77.8 Å². The molecule has 3 heteroatoms. The zero-order valence-electron chi connectivity index (χ0n) is 25.1. The summed E-state index contributed by atoms with van der Waals surface area (Å²) in [5.74, 6) is 0. The van der Waals surface area contributed by atoms with Crippen LogP contribution >= 0.6 is 0 Å². The predicted octanol–water partition coefficient (Wildman–Crippen LogP) is 11.3. The van der Waals surface area contributed by atoms with Crippen molar-refractivity contribution in [2.24, 2.45) is 0 Å². The van der Waals surface area contributed by atoms with Crippen LogP contribution in [0.4, 0.5) is 0 Å². The third-order valence-electron chi connectivity index (χ3n) is 9.03. The van der Waals surface area contributed by atoms with E-state index in [1.165, 1.54) is 22.3 Å². The van der Waals surface area contributed by atoms with E-state index in [0.29, 0.717) is 13.2 Å². The number of fused-ring (bicyclic) bond motifs is 6. The highest BCUT2D eigenvalue weighted by atomic mass is 16.5. The van der Waals surface area contributed by atoms with Crippen molar-refractivity contribution in [3.63, 3.8) is 0 Å². The molecule has 0 fully saturated rings. The van der Waals surface area contributed by atoms with E-state index < -0.39 is 0 Å². The second-order valence-corrected chi connectivity index (χ2v) is 11.9. The summed E-state index contributed by atoms with van der Waals surface area (Å²) in [6, 6.07) is 53.3. The van der Waals surface area contributed by atoms with Gasteiger partial charge >= 0.3 is 0 Å². The summed E-state index contributed by atoms with van der Waals surface area (Å²) in [5.41, 5.74) is 15.2. The normalized spacial score (nSPS) is 12.5. The summed E-state index contributed by atoms with van der Waals surface area (Å²) in [7, 11) is 0. The van der Waals surface area contributed by atoms with Crippen LogP contribution in [0.2, 0.25) is 0 Å². The Kier molecular flexibility index (Phi) is 6.36. The number of para-hydroxylation sites is 2. The quantitative estimate of drug-likeness (QED) is 0.204. The highest BCUT2D eigenvalue weighted by Gasteiger charge is 2.19. The van der Waals surface area contributed by atoms with Crippen LogP contribution in [0.1, 0.15) is 11.1 Å². The highest BCUT2D eigenvalue weighted by Crippen LogP contribution is 2.41. The Hall–Kier alpha value is -5.77. The molecule has 0 bridgehead atoms. The maximum atomic E-state index is 6.39. The number of pyridine rings is 1. The molecule has 0 saturated heterocycles. The molecule has 2 aromatic heterocycles. The van der Waals surface area contributed by atoms with Crippen LogP contribution in [0.3, 0.4) is 0 Å². The number of benzene rings is 6. The maximum Gasteiger partial charge on any atom is 0.143 e.